The van der Waals surface area contributed by atoms with E-state index >= 15 is 0 Å². The Morgan fingerprint density at radius 3 is 2.53 bits per heavy atom. The lowest BCUT2D eigenvalue weighted by Gasteiger charge is -2.29. The van der Waals surface area contributed by atoms with Crippen molar-refractivity contribution in [1.29, 1.82) is 0 Å². The summed E-state index contributed by atoms with van der Waals surface area (Å²) in [5.74, 6) is 0.550. The fourth-order valence-corrected chi connectivity index (χ4v) is 3.68. The third kappa shape index (κ3) is 7.01. The Kier molecular flexibility index (Phi) is 8.21. The van der Waals surface area contributed by atoms with Gasteiger partial charge in [0.15, 0.2) is 0 Å². The number of anilines is 2. The molecule has 0 radical (unpaired) electrons. The fraction of sp³-hybridized carbons (Fsp3) is 0.476. The number of aliphatic hydroxyl groups is 1. The van der Waals surface area contributed by atoms with Crippen molar-refractivity contribution >= 4 is 17.5 Å². The van der Waals surface area contributed by atoms with Crippen molar-refractivity contribution in [3.63, 3.8) is 0 Å². The highest BCUT2D eigenvalue weighted by Gasteiger charge is 2.32. The van der Waals surface area contributed by atoms with Gasteiger partial charge in [0, 0.05) is 30.8 Å². The van der Waals surface area contributed by atoms with Gasteiger partial charge >= 0.3 is 12.4 Å². The number of carbonyl (C=O) groups is 1. The molecule has 186 valence electrons. The maximum atomic E-state index is 12.6. The summed E-state index contributed by atoms with van der Waals surface area (Å²) >= 11 is 0. The molecule has 13 heteroatoms. The third-order valence-electron chi connectivity index (χ3n) is 5.19. The van der Waals surface area contributed by atoms with Gasteiger partial charge in [-0.15, -0.1) is 13.2 Å². The largest absolute Gasteiger partial charge is 0.573 e. The maximum absolute atomic E-state index is 12.6. The molecular formula is C21H26F3N5O5. The average Bonchev–Trinajstić information content (AvgIpc) is 2.79. The number of amides is 2. The summed E-state index contributed by atoms with van der Waals surface area (Å²) in [7, 11) is 3.02. The van der Waals surface area contributed by atoms with Gasteiger partial charge in [-0.1, -0.05) is 0 Å². The number of carbonyl (C=O) groups excluding carboxylic acids is 1. The number of nitrogens with one attached hydrogen (secondary N) is 3. The second-order valence-corrected chi connectivity index (χ2v) is 7.55. The van der Waals surface area contributed by atoms with Crippen LogP contribution in [0.5, 0.6) is 17.4 Å². The number of ether oxygens (including phenoxy) is 3. The van der Waals surface area contributed by atoms with E-state index in [1.54, 1.807) is 13.1 Å². The lowest BCUT2D eigenvalue weighted by atomic mass is 9.93. The molecular weight excluding hydrogens is 459 g/mol. The van der Waals surface area contributed by atoms with E-state index in [-0.39, 0.29) is 29.1 Å². The topological polar surface area (TPSA) is 127 Å². The van der Waals surface area contributed by atoms with Gasteiger partial charge in [0.2, 0.25) is 5.88 Å². The maximum Gasteiger partial charge on any atom is 0.573 e. The molecule has 10 nitrogen and oxygen atoms in total. The minimum atomic E-state index is -4.93. The highest BCUT2D eigenvalue weighted by molar-refractivity contribution is 5.91. The lowest BCUT2D eigenvalue weighted by Crippen LogP contribution is -2.41. The second kappa shape index (κ2) is 11.1. The number of hydrogen-bond donors (Lipinski definition) is 4. The summed E-state index contributed by atoms with van der Waals surface area (Å²) in [5, 5.41) is 17.7. The van der Waals surface area contributed by atoms with Crippen molar-refractivity contribution < 1.29 is 37.3 Å². The molecule has 0 saturated heterocycles. The number of hydrogen-bond acceptors (Lipinski definition) is 8. The van der Waals surface area contributed by atoms with Crippen molar-refractivity contribution in [3.05, 3.63) is 30.1 Å². The summed E-state index contributed by atoms with van der Waals surface area (Å²) in [4.78, 5) is 20.7. The van der Waals surface area contributed by atoms with Gasteiger partial charge in [-0.2, -0.15) is 0 Å². The lowest BCUT2D eigenvalue weighted by molar-refractivity contribution is -0.274. The van der Waals surface area contributed by atoms with Crippen LogP contribution in [0.15, 0.2) is 24.5 Å². The van der Waals surface area contributed by atoms with Crippen molar-refractivity contribution in [2.75, 3.05) is 24.8 Å². The highest BCUT2D eigenvalue weighted by Crippen LogP contribution is 2.36. The van der Waals surface area contributed by atoms with Gasteiger partial charge in [-0.25, -0.2) is 14.8 Å². The molecule has 1 heterocycles. The average molecular weight is 485 g/mol. The standard InChI is InChI=1S/C21H26F3N5O5/c1-25-17-9-18(27-11-26-17)33-14-5-3-13(4-6-14)28-20(31)29-16-8-15(34-21(22,23)24)7-12(10-30)19(16)32-2/h7-9,11,13-14,30H,3-6,10H2,1-2H3,(H,25,26,27)(H2,28,29,31)/t13-,14-. The molecule has 0 unspecified atom stereocenters. The Balaban J connectivity index is 1.58. The highest BCUT2D eigenvalue weighted by atomic mass is 19.4. The molecule has 0 spiro atoms. The van der Waals surface area contributed by atoms with Gasteiger partial charge in [0.25, 0.3) is 0 Å². The van der Waals surface area contributed by atoms with Crippen LogP contribution in [-0.2, 0) is 6.61 Å². The number of aromatic nitrogens is 2. The first-order chi connectivity index (χ1) is 16.2. The summed E-state index contributed by atoms with van der Waals surface area (Å²) in [6.45, 7) is -0.610. The zero-order valence-electron chi connectivity index (χ0n) is 18.6. The van der Waals surface area contributed by atoms with E-state index < -0.39 is 24.7 Å². The first-order valence-electron chi connectivity index (χ1n) is 10.5. The van der Waals surface area contributed by atoms with Crippen LogP contribution in [0.25, 0.3) is 0 Å². The van der Waals surface area contributed by atoms with Gasteiger partial charge in [0.05, 0.1) is 19.4 Å². The molecule has 1 aromatic carbocycles. The van der Waals surface area contributed by atoms with Crippen molar-refractivity contribution in [3.8, 4) is 17.4 Å². The van der Waals surface area contributed by atoms with Crippen LogP contribution in [0.1, 0.15) is 31.2 Å². The van der Waals surface area contributed by atoms with Crippen molar-refractivity contribution in [1.82, 2.24) is 15.3 Å². The van der Waals surface area contributed by atoms with E-state index in [9.17, 15) is 23.1 Å². The van der Waals surface area contributed by atoms with E-state index in [4.69, 9.17) is 9.47 Å². The number of rotatable bonds is 8. The molecule has 0 atom stereocenters. The molecule has 1 aliphatic rings. The number of aliphatic hydroxyl groups excluding tert-OH is 1. The first kappa shape index (κ1) is 25.1. The molecule has 2 amide bonds. The Morgan fingerprint density at radius 2 is 1.91 bits per heavy atom. The van der Waals surface area contributed by atoms with Crippen LogP contribution < -0.4 is 30.2 Å². The summed E-state index contributed by atoms with van der Waals surface area (Å²) in [6, 6.07) is 2.90. The number of benzene rings is 1. The predicted molar refractivity (Wildman–Crippen MR) is 116 cm³/mol. The van der Waals surface area contributed by atoms with E-state index in [2.05, 4.69) is 30.7 Å². The number of alkyl halides is 3. The van der Waals surface area contributed by atoms with Gasteiger partial charge in [-0.3, -0.25) is 0 Å². The van der Waals surface area contributed by atoms with Gasteiger partial charge in [0.1, 0.15) is 29.7 Å². The third-order valence-corrected chi connectivity index (χ3v) is 5.19. The minimum Gasteiger partial charge on any atom is -0.494 e. The van der Waals surface area contributed by atoms with Crippen LogP contribution in [0.4, 0.5) is 29.5 Å². The number of halogens is 3. The number of methoxy groups -OCH3 is 1. The van der Waals surface area contributed by atoms with Crippen LogP contribution in [-0.4, -0.2) is 53.8 Å². The Bertz CT molecular complexity index is 984. The molecule has 3 rings (SSSR count). The number of urea groups is 1. The van der Waals surface area contributed by atoms with E-state index in [0.29, 0.717) is 37.4 Å². The first-order valence-corrected chi connectivity index (χ1v) is 10.5. The molecule has 0 bridgehead atoms. The number of nitrogens with zero attached hydrogens (tertiary/aromatic N) is 2. The molecule has 1 aliphatic carbocycles. The summed E-state index contributed by atoms with van der Waals surface area (Å²) < 4.78 is 52.9. The van der Waals surface area contributed by atoms with Crippen LogP contribution in [0.3, 0.4) is 0 Å². The SMILES string of the molecule is CNc1cc(O[C@H]2CC[C@H](NC(=O)Nc3cc(OC(F)(F)F)cc(CO)c3OC)CC2)ncn1. The van der Waals surface area contributed by atoms with Gasteiger partial charge in [-0.05, 0) is 31.7 Å². The molecule has 1 saturated carbocycles. The van der Waals surface area contributed by atoms with Gasteiger partial charge < -0.3 is 35.3 Å². The second-order valence-electron chi connectivity index (χ2n) is 7.55. The molecule has 2 aromatic rings. The summed E-state index contributed by atoms with van der Waals surface area (Å²) in [5.41, 5.74) is -0.0322. The van der Waals surface area contributed by atoms with E-state index in [1.807, 2.05) is 0 Å². The zero-order chi connectivity index (χ0) is 24.7. The fourth-order valence-electron chi connectivity index (χ4n) is 3.68. The Labute approximate surface area is 193 Å². The van der Waals surface area contributed by atoms with Crippen LogP contribution in [0.2, 0.25) is 0 Å². The monoisotopic (exact) mass is 485 g/mol. The van der Waals surface area contributed by atoms with Crippen molar-refractivity contribution in [2.24, 2.45) is 0 Å². The Hall–Kier alpha value is -3.48. The van der Waals surface area contributed by atoms with E-state index in [0.717, 1.165) is 12.1 Å². The minimum absolute atomic E-state index is 0.0309. The zero-order valence-corrected chi connectivity index (χ0v) is 18.6. The normalized spacial score (nSPS) is 18.1. The Morgan fingerprint density at radius 1 is 1.18 bits per heavy atom. The molecule has 1 fully saturated rings. The molecule has 0 aliphatic heterocycles. The predicted octanol–water partition coefficient (Wildman–Crippen LogP) is 3.43. The van der Waals surface area contributed by atoms with Crippen LogP contribution >= 0.6 is 0 Å². The molecule has 4 N–H and O–H groups in total. The quantitative estimate of drug-likeness (QED) is 0.448. The molecule has 1 aromatic heterocycles. The smallest absolute Gasteiger partial charge is 0.494 e. The summed E-state index contributed by atoms with van der Waals surface area (Å²) in [6.07, 6.45) is -0.959. The van der Waals surface area contributed by atoms with Crippen LogP contribution in [0, 0.1) is 0 Å². The van der Waals surface area contributed by atoms with E-state index in [1.165, 1.54) is 13.4 Å². The molecule has 34 heavy (non-hydrogen) atoms. The van der Waals surface area contributed by atoms with Crippen molar-refractivity contribution in [2.45, 2.75) is 50.8 Å².